The average Bonchev–Trinajstić information content (AvgIpc) is 2.46. The number of benzene rings is 1. The molecule has 5 nitrogen and oxygen atoms in total. The maximum atomic E-state index is 11.9. The van der Waals surface area contributed by atoms with Crippen molar-refractivity contribution in [3.63, 3.8) is 0 Å². The Hall–Kier alpha value is -2.21. The summed E-state index contributed by atoms with van der Waals surface area (Å²) < 4.78 is 21.4. The van der Waals surface area contributed by atoms with Gasteiger partial charge >= 0.3 is 11.6 Å². The molecule has 0 radical (unpaired) electrons. The molecular weight excluding hydrogens is 280 g/mol. The first-order valence-electron chi connectivity index (χ1n) is 5.70. The number of ether oxygens (including phenoxy) is 1. The highest BCUT2D eigenvalue weighted by Crippen LogP contribution is 2.22. The lowest BCUT2D eigenvalue weighted by Gasteiger charge is -2.06. The van der Waals surface area contributed by atoms with E-state index in [1.54, 1.807) is 24.3 Å². The van der Waals surface area contributed by atoms with Crippen LogP contribution in [0.3, 0.4) is 0 Å². The molecule has 0 spiro atoms. The predicted molar refractivity (Wildman–Crippen MR) is 74.1 cm³/mol. The standard InChI is InChI=1S/C14H12O5S/c1-18-13(15)12-11(20(2)17)8-10(19-14(12)16)9-6-4-3-5-7-9/h3-8H,1-2H3. The molecule has 0 fully saturated rings. The molecule has 20 heavy (non-hydrogen) atoms. The molecule has 0 aliphatic rings. The molecule has 104 valence electrons. The van der Waals surface area contributed by atoms with Gasteiger partial charge in [0.2, 0.25) is 0 Å². The number of methoxy groups -OCH3 is 1. The van der Waals surface area contributed by atoms with Crippen molar-refractivity contribution < 1.29 is 18.2 Å². The van der Waals surface area contributed by atoms with Gasteiger partial charge in [0.05, 0.1) is 22.8 Å². The van der Waals surface area contributed by atoms with Gasteiger partial charge in [-0.2, -0.15) is 0 Å². The highest BCUT2D eigenvalue weighted by molar-refractivity contribution is 7.84. The fourth-order valence-electron chi connectivity index (χ4n) is 1.73. The minimum absolute atomic E-state index is 0.104. The Morgan fingerprint density at radius 2 is 1.90 bits per heavy atom. The van der Waals surface area contributed by atoms with Crippen molar-refractivity contribution in [3.8, 4) is 11.3 Å². The van der Waals surface area contributed by atoms with E-state index >= 15 is 0 Å². The molecule has 0 N–H and O–H groups in total. The second-order valence-electron chi connectivity index (χ2n) is 3.95. The van der Waals surface area contributed by atoms with E-state index in [9.17, 15) is 13.8 Å². The van der Waals surface area contributed by atoms with Gasteiger partial charge in [-0.3, -0.25) is 4.21 Å². The molecule has 0 aliphatic heterocycles. The van der Waals surface area contributed by atoms with E-state index in [0.29, 0.717) is 5.56 Å². The number of carbonyl (C=O) groups excluding carboxylic acids is 1. The van der Waals surface area contributed by atoms with Gasteiger partial charge < -0.3 is 9.15 Å². The first kappa shape index (κ1) is 14.2. The van der Waals surface area contributed by atoms with Crippen LogP contribution < -0.4 is 5.63 Å². The van der Waals surface area contributed by atoms with E-state index in [2.05, 4.69) is 4.74 Å². The van der Waals surface area contributed by atoms with Gasteiger partial charge in [-0.1, -0.05) is 30.3 Å². The van der Waals surface area contributed by atoms with Gasteiger partial charge in [-0.25, -0.2) is 9.59 Å². The van der Waals surface area contributed by atoms with Crippen LogP contribution in [0.1, 0.15) is 10.4 Å². The van der Waals surface area contributed by atoms with E-state index in [1.165, 1.54) is 12.3 Å². The molecule has 2 rings (SSSR count). The Labute approximate surface area is 117 Å². The molecule has 0 amide bonds. The van der Waals surface area contributed by atoms with Crippen molar-refractivity contribution in [2.45, 2.75) is 4.90 Å². The molecule has 6 heteroatoms. The molecule has 1 aromatic heterocycles. The number of esters is 1. The smallest absolute Gasteiger partial charge is 0.352 e. The van der Waals surface area contributed by atoms with Crippen LogP contribution >= 0.6 is 0 Å². The van der Waals surface area contributed by atoms with Crippen LogP contribution in [0.2, 0.25) is 0 Å². The summed E-state index contributed by atoms with van der Waals surface area (Å²) in [5.74, 6) is -0.600. The Bertz CT molecular complexity index is 718. The van der Waals surface area contributed by atoms with E-state index in [-0.39, 0.29) is 16.2 Å². The molecule has 1 aromatic carbocycles. The zero-order valence-electron chi connectivity index (χ0n) is 10.9. The summed E-state index contributed by atoms with van der Waals surface area (Å²) in [5.41, 5.74) is -0.524. The number of hydrogen-bond acceptors (Lipinski definition) is 5. The highest BCUT2D eigenvalue weighted by Gasteiger charge is 2.22. The largest absolute Gasteiger partial charge is 0.465 e. The summed E-state index contributed by atoms with van der Waals surface area (Å²) in [6.45, 7) is 0. The third-order valence-electron chi connectivity index (χ3n) is 2.67. The average molecular weight is 292 g/mol. The van der Waals surface area contributed by atoms with Gasteiger partial charge in [0.15, 0.2) is 5.56 Å². The lowest BCUT2D eigenvalue weighted by atomic mass is 10.1. The minimum Gasteiger partial charge on any atom is -0.465 e. The third-order valence-corrected chi connectivity index (χ3v) is 3.61. The topological polar surface area (TPSA) is 73.6 Å². The molecule has 1 unspecified atom stereocenters. The third kappa shape index (κ3) is 2.70. The van der Waals surface area contributed by atoms with Gasteiger partial charge in [-0.15, -0.1) is 0 Å². The first-order valence-corrected chi connectivity index (χ1v) is 7.25. The summed E-state index contributed by atoms with van der Waals surface area (Å²) in [5, 5.41) is 0. The molecule has 1 atom stereocenters. The number of hydrogen-bond donors (Lipinski definition) is 0. The minimum atomic E-state index is -1.52. The van der Waals surface area contributed by atoms with Crippen LogP contribution in [0, 0.1) is 0 Å². The Morgan fingerprint density at radius 1 is 1.25 bits per heavy atom. The highest BCUT2D eigenvalue weighted by atomic mass is 32.2. The van der Waals surface area contributed by atoms with Crippen LogP contribution in [-0.2, 0) is 15.5 Å². The number of carbonyl (C=O) groups is 1. The molecule has 0 aliphatic carbocycles. The van der Waals surface area contributed by atoms with Crippen LogP contribution in [0.15, 0.2) is 50.5 Å². The van der Waals surface area contributed by atoms with Gasteiger partial charge in [-0.05, 0) is 6.07 Å². The second-order valence-corrected chi connectivity index (χ2v) is 5.30. The quantitative estimate of drug-likeness (QED) is 0.807. The van der Waals surface area contributed by atoms with Gasteiger partial charge in [0.1, 0.15) is 5.76 Å². The summed E-state index contributed by atoms with van der Waals surface area (Å²) in [7, 11) is -0.370. The van der Waals surface area contributed by atoms with Crippen molar-refractivity contribution in [2.24, 2.45) is 0 Å². The Balaban J connectivity index is 2.69. The Morgan fingerprint density at radius 3 is 2.45 bits per heavy atom. The summed E-state index contributed by atoms with van der Waals surface area (Å²) in [6, 6.07) is 10.3. The van der Waals surface area contributed by atoms with Crippen molar-refractivity contribution >= 4 is 16.8 Å². The fraction of sp³-hybridized carbons (Fsp3) is 0.143. The van der Waals surface area contributed by atoms with Crippen LogP contribution in [-0.4, -0.2) is 23.5 Å². The lowest BCUT2D eigenvalue weighted by Crippen LogP contribution is -2.19. The van der Waals surface area contributed by atoms with Crippen molar-refractivity contribution in [3.05, 3.63) is 52.4 Å². The van der Waals surface area contributed by atoms with E-state index in [1.807, 2.05) is 6.07 Å². The van der Waals surface area contributed by atoms with E-state index in [4.69, 9.17) is 4.42 Å². The molecule has 0 saturated heterocycles. The van der Waals surface area contributed by atoms with Crippen LogP contribution in [0.5, 0.6) is 0 Å². The van der Waals surface area contributed by atoms with Crippen molar-refractivity contribution in [1.82, 2.24) is 0 Å². The molecular formula is C14H12O5S. The zero-order chi connectivity index (χ0) is 14.7. The summed E-state index contributed by atoms with van der Waals surface area (Å²) in [4.78, 5) is 23.6. The van der Waals surface area contributed by atoms with E-state index < -0.39 is 22.4 Å². The van der Waals surface area contributed by atoms with Crippen LogP contribution in [0.25, 0.3) is 11.3 Å². The predicted octanol–water partition coefficient (Wildman–Crippen LogP) is 1.83. The maximum absolute atomic E-state index is 11.9. The van der Waals surface area contributed by atoms with Gasteiger partial charge in [0.25, 0.3) is 0 Å². The maximum Gasteiger partial charge on any atom is 0.352 e. The molecule has 0 bridgehead atoms. The lowest BCUT2D eigenvalue weighted by molar-refractivity contribution is 0.0591. The summed E-state index contributed by atoms with van der Waals surface area (Å²) >= 11 is 0. The monoisotopic (exact) mass is 292 g/mol. The zero-order valence-corrected chi connectivity index (χ0v) is 11.7. The normalized spacial score (nSPS) is 11.9. The molecule has 0 saturated carbocycles. The number of rotatable bonds is 3. The van der Waals surface area contributed by atoms with Gasteiger partial charge in [0, 0.05) is 11.8 Å². The molecule has 1 heterocycles. The van der Waals surface area contributed by atoms with Crippen molar-refractivity contribution in [2.75, 3.05) is 13.4 Å². The van der Waals surface area contributed by atoms with Crippen LogP contribution in [0.4, 0.5) is 0 Å². The van der Waals surface area contributed by atoms with Crippen molar-refractivity contribution in [1.29, 1.82) is 0 Å². The summed E-state index contributed by atoms with van der Waals surface area (Å²) in [6.07, 6.45) is 1.38. The Kier molecular flexibility index (Phi) is 4.14. The fourth-order valence-corrected chi connectivity index (χ4v) is 2.46. The van der Waals surface area contributed by atoms with E-state index in [0.717, 1.165) is 7.11 Å². The molecule has 2 aromatic rings. The first-order chi connectivity index (χ1) is 9.54. The second kappa shape index (κ2) is 5.83. The SMILES string of the molecule is COC(=O)c1c(S(C)=O)cc(-c2ccccc2)oc1=O.